The second-order valence-corrected chi connectivity index (χ2v) is 7.77. The van der Waals surface area contributed by atoms with Crippen LogP contribution >= 0.6 is 0 Å². The van der Waals surface area contributed by atoms with Crippen molar-refractivity contribution >= 4 is 11.8 Å². The number of carbonyl (C=O) groups excluding carboxylic acids is 2. The Kier molecular flexibility index (Phi) is 10.2. The lowest BCUT2D eigenvalue weighted by atomic mass is 10.1. The van der Waals surface area contributed by atoms with Gasteiger partial charge in [0, 0.05) is 24.4 Å². The molecule has 0 spiro atoms. The van der Waals surface area contributed by atoms with Gasteiger partial charge in [-0.25, -0.2) is 14.8 Å². The van der Waals surface area contributed by atoms with Gasteiger partial charge in [-0.05, 0) is 43.9 Å². The number of hydrogen-bond donors (Lipinski definition) is 0. The first-order valence-electron chi connectivity index (χ1n) is 11.2. The van der Waals surface area contributed by atoms with E-state index in [9.17, 15) is 9.59 Å². The molecule has 0 saturated heterocycles. The number of aryl methyl sites for hydroxylation is 1. The summed E-state index contributed by atoms with van der Waals surface area (Å²) in [5.74, 6) is 0.115. The third-order valence-corrected chi connectivity index (χ3v) is 5.17. The maximum atomic E-state index is 12.3. The maximum absolute atomic E-state index is 12.3. The Balaban J connectivity index is 1.89. The fourth-order valence-electron chi connectivity index (χ4n) is 3.19. The Morgan fingerprint density at radius 3 is 2.17 bits per heavy atom. The molecule has 5 heteroatoms. The van der Waals surface area contributed by atoms with E-state index in [0.29, 0.717) is 17.8 Å². The third kappa shape index (κ3) is 7.69. The number of ether oxygens (including phenoxy) is 1. The van der Waals surface area contributed by atoms with E-state index in [1.165, 1.54) is 19.3 Å². The fourth-order valence-corrected chi connectivity index (χ4v) is 3.19. The molecule has 0 N–H and O–H groups in total. The summed E-state index contributed by atoms with van der Waals surface area (Å²) >= 11 is 0. The van der Waals surface area contributed by atoms with E-state index >= 15 is 0 Å². The maximum Gasteiger partial charge on any atom is 0.338 e. The van der Waals surface area contributed by atoms with Crippen molar-refractivity contribution in [2.45, 2.75) is 84.7 Å². The van der Waals surface area contributed by atoms with Gasteiger partial charge in [0.1, 0.15) is 0 Å². The molecule has 1 aromatic heterocycles. The Morgan fingerprint density at radius 1 is 0.900 bits per heavy atom. The Hall–Kier alpha value is -2.56. The van der Waals surface area contributed by atoms with E-state index in [1.807, 2.05) is 12.4 Å². The van der Waals surface area contributed by atoms with Gasteiger partial charge in [0.2, 0.25) is 0 Å². The Labute approximate surface area is 180 Å². The molecule has 162 valence electrons. The molecule has 2 rings (SSSR count). The number of rotatable bonds is 13. The molecule has 30 heavy (non-hydrogen) atoms. The molecule has 1 aromatic carbocycles. The third-order valence-electron chi connectivity index (χ3n) is 5.17. The van der Waals surface area contributed by atoms with Crippen molar-refractivity contribution in [3.05, 3.63) is 47.8 Å². The molecular weight excluding hydrogens is 376 g/mol. The molecule has 0 aliphatic rings. The summed E-state index contributed by atoms with van der Waals surface area (Å²) in [6.45, 7) is 5.93. The second kappa shape index (κ2) is 12.9. The van der Waals surface area contributed by atoms with Gasteiger partial charge in [-0.3, -0.25) is 4.79 Å². The average molecular weight is 411 g/mol. The molecule has 1 unspecified atom stereocenters. The summed E-state index contributed by atoms with van der Waals surface area (Å²) in [5, 5.41) is 0. The van der Waals surface area contributed by atoms with Gasteiger partial charge in [0.15, 0.2) is 17.7 Å². The monoisotopic (exact) mass is 410 g/mol. The smallest absolute Gasteiger partial charge is 0.338 e. The van der Waals surface area contributed by atoms with Crippen molar-refractivity contribution in [2.75, 3.05) is 0 Å². The van der Waals surface area contributed by atoms with Gasteiger partial charge in [-0.15, -0.1) is 0 Å². The van der Waals surface area contributed by atoms with Crippen LogP contribution in [0.15, 0.2) is 36.7 Å². The minimum absolute atomic E-state index is 0.0309. The summed E-state index contributed by atoms with van der Waals surface area (Å²) in [4.78, 5) is 33.3. The first-order chi connectivity index (χ1) is 14.5. The highest BCUT2D eigenvalue weighted by Gasteiger charge is 2.18. The van der Waals surface area contributed by atoms with E-state index in [0.717, 1.165) is 43.2 Å². The first-order valence-corrected chi connectivity index (χ1v) is 11.2. The highest BCUT2D eigenvalue weighted by Crippen LogP contribution is 2.17. The molecule has 5 nitrogen and oxygen atoms in total. The lowest BCUT2D eigenvalue weighted by Crippen LogP contribution is -2.24. The zero-order valence-electron chi connectivity index (χ0n) is 18.5. The minimum atomic E-state index is -0.720. The quantitative estimate of drug-likeness (QED) is 0.301. The van der Waals surface area contributed by atoms with Gasteiger partial charge < -0.3 is 4.74 Å². The zero-order chi connectivity index (χ0) is 21.8. The summed E-state index contributed by atoms with van der Waals surface area (Å²) in [5.41, 5.74) is 2.40. The van der Waals surface area contributed by atoms with Crippen molar-refractivity contribution in [3.63, 3.8) is 0 Å². The normalized spacial score (nSPS) is 11.8. The summed E-state index contributed by atoms with van der Waals surface area (Å²) in [7, 11) is 0. The molecule has 0 aliphatic carbocycles. The van der Waals surface area contributed by atoms with Gasteiger partial charge in [-0.1, -0.05) is 58.1 Å². The van der Waals surface area contributed by atoms with Crippen molar-refractivity contribution in [1.82, 2.24) is 9.97 Å². The molecule has 0 amide bonds. The Bertz CT molecular complexity index is 785. The van der Waals surface area contributed by atoms with Crippen LogP contribution < -0.4 is 0 Å². The van der Waals surface area contributed by atoms with E-state index in [4.69, 9.17) is 4.74 Å². The lowest BCUT2D eigenvalue weighted by molar-refractivity contribution is -0.127. The first kappa shape index (κ1) is 23.7. The number of nitrogens with zero attached hydrogens (tertiary/aromatic N) is 2. The zero-order valence-corrected chi connectivity index (χ0v) is 18.5. The van der Waals surface area contributed by atoms with Gasteiger partial charge in [0.25, 0.3) is 0 Å². The summed E-state index contributed by atoms with van der Waals surface area (Å²) in [6, 6.07) is 6.99. The number of esters is 1. The largest absolute Gasteiger partial charge is 0.451 e. The topological polar surface area (TPSA) is 69.2 Å². The molecule has 1 atom stereocenters. The van der Waals surface area contributed by atoms with Crippen molar-refractivity contribution in [2.24, 2.45) is 0 Å². The van der Waals surface area contributed by atoms with Crippen LogP contribution in [0.3, 0.4) is 0 Å². The molecule has 0 saturated carbocycles. The predicted molar refractivity (Wildman–Crippen MR) is 119 cm³/mol. The highest BCUT2D eigenvalue weighted by atomic mass is 16.5. The van der Waals surface area contributed by atoms with Crippen LogP contribution in [0.2, 0.25) is 0 Å². The van der Waals surface area contributed by atoms with Crippen LogP contribution in [-0.4, -0.2) is 27.8 Å². The standard InChI is InChI=1S/C25H34N2O3/c1-4-6-8-10-11-20-17-26-24(27-18-20)21-13-15-22(16-14-21)25(29)30-19(3)23(28)12-9-7-5-2/h13-19H,4-12H2,1-3H3. The molecule has 0 radical (unpaired) electrons. The molecule has 2 aromatic rings. The number of aromatic nitrogens is 2. The van der Waals surface area contributed by atoms with Gasteiger partial charge in [0.05, 0.1) is 5.56 Å². The minimum Gasteiger partial charge on any atom is -0.451 e. The van der Waals surface area contributed by atoms with Crippen LogP contribution in [0.25, 0.3) is 11.4 Å². The van der Waals surface area contributed by atoms with E-state index in [1.54, 1.807) is 31.2 Å². The summed E-state index contributed by atoms with van der Waals surface area (Å²) < 4.78 is 5.33. The predicted octanol–water partition coefficient (Wildman–Crippen LogP) is 5.96. The summed E-state index contributed by atoms with van der Waals surface area (Å²) in [6.07, 6.45) is 12.3. The SMILES string of the molecule is CCCCCCc1cnc(-c2ccc(C(=O)OC(C)C(=O)CCCCC)cc2)nc1. The van der Waals surface area contributed by atoms with E-state index < -0.39 is 12.1 Å². The van der Waals surface area contributed by atoms with Crippen LogP contribution in [-0.2, 0) is 16.0 Å². The molecule has 0 bridgehead atoms. The van der Waals surface area contributed by atoms with E-state index in [2.05, 4.69) is 23.8 Å². The number of Topliss-reactive ketones (excluding diaryl/α,β-unsaturated/α-hetero) is 1. The van der Waals surface area contributed by atoms with Crippen molar-refractivity contribution in [3.8, 4) is 11.4 Å². The lowest BCUT2D eigenvalue weighted by Gasteiger charge is -2.12. The number of hydrogen-bond acceptors (Lipinski definition) is 5. The second-order valence-electron chi connectivity index (χ2n) is 7.77. The van der Waals surface area contributed by atoms with Crippen LogP contribution in [0, 0.1) is 0 Å². The Morgan fingerprint density at radius 2 is 1.53 bits per heavy atom. The van der Waals surface area contributed by atoms with Crippen LogP contribution in [0.1, 0.15) is 88.1 Å². The average Bonchev–Trinajstić information content (AvgIpc) is 2.77. The number of carbonyl (C=O) groups is 2. The molecule has 1 heterocycles. The number of unbranched alkanes of at least 4 members (excludes halogenated alkanes) is 5. The number of benzene rings is 1. The highest BCUT2D eigenvalue weighted by molar-refractivity contribution is 5.93. The molecular formula is C25H34N2O3. The van der Waals surface area contributed by atoms with E-state index in [-0.39, 0.29) is 5.78 Å². The molecule has 0 aliphatic heterocycles. The van der Waals surface area contributed by atoms with Crippen LogP contribution in [0.5, 0.6) is 0 Å². The van der Waals surface area contributed by atoms with Gasteiger partial charge in [-0.2, -0.15) is 0 Å². The fraction of sp³-hybridized carbons (Fsp3) is 0.520. The number of ketones is 1. The van der Waals surface area contributed by atoms with Gasteiger partial charge >= 0.3 is 5.97 Å². The van der Waals surface area contributed by atoms with Crippen LogP contribution in [0.4, 0.5) is 0 Å². The molecule has 0 fully saturated rings. The van der Waals surface area contributed by atoms with Crippen molar-refractivity contribution in [1.29, 1.82) is 0 Å². The van der Waals surface area contributed by atoms with Crippen molar-refractivity contribution < 1.29 is 14.3 Å².